The summed E-state index contributed by atoms with van der Waals surface area (Å²) in [6.45, 7) is 11.3. The molecule has 4 atom stereocenters. The van der Waals surface area contributed by atoms with Crippen molar-refractivity contribution in [3.8, 4) is 0 Å². The number of thiazole rings is 1. The van der Waals surface area contributed by atoms with Crippen LogP contribution in [0.5, 0.6) is 0 Å². The summed E-state index contributed by atoms with van der Waals surface area (Å²) in [5.41, 5.74) is 3.76. The molecule has 0 aliphatic carbocycles. The fourth-order valence-electron chi connectivity index (χ4n) is 6.32. The van der Waals surface area contributed by atoms with Crippen molar-refractivity contribution in [2.24, 2.45) is 7.05 Å². The molecule has 5 heterocycles. The lowest BCUT2D eigenvalue weighted by Gasteiger charge is -2.49. The van der Waals surface area contributed by atoms with Gasteiger partial charge in [0.2, 0.25) is 0 Å². The van der Waals surface area contributed by atoms with Crippen LogP contribution >= 0.6 is 11.3 Å². The van der Waals surface area contributed by atoms with Gasteiger partial charge in [0.25, 0.3) is 0 Å². The van der Waals surface area contributed by atoms with E-state index in [1.807, 2.05) is 10.9 Å². The zero-order valence-corrected chi connectivity index (χ0v) is 24.4. The van der Waals surface area contributed by atoms with E-state index < -0.39 is 0 Å². The molecule has 2 saturated heterocycles. The number of hydrogen-bond acceptors (Lipinski definition) is 8. The monoisotopic (exact) mass is 549 g/mol. The van der Waals surface area contributed by atoms with Gasteiger partial charge >= 0.3 is 5.69 Å². The van der Waals surface area contributed by atoms with Crippen LogP contribution in [-0.2, 0) is 11.8 Å². The van der Waals surface area contributed by atoms with Crippen molar-refractivity contribution in [2.75, 3.05) is 24.6 Å². The number of aryl methyl sites for hydroxylation is 2. The number of rotatable bonds is 6. The summed E-state index contributed by atoms with van der Waals surface area (Å²) >= 11 is 1.76. The molecule has 1 aromatic carbocycles. The Balaban J connectivity index is 1.34. The molecular weight excluding hydrogens is 510 g/mol. The fourth-order valence-corrected chi connectivity index (χ4v) is 7.19. The van der Waals surface area contributed by atoms with Crippen molar-refractivity contribution < 1.29 is 4.74 Å². The van der Waals surface area contributed by atoms with E-state index in [0.29, 0.717) is 11.9 Å². The standard InChI is InChI=1S/C29H39N7O2S/c1-6-21-16-35(22(7-2)15-34(21)18(3)20-11-12-23-25(14-20)39-19(4)30-23)28-27-24(33(5)29(37)31-28)17-36(32-27)26-10-8-9-13-38-26/h11-12,14,17-18,21-22,26H,6-10,13,15-16H2,1-5H3/t18?,21-,22+,26?/m1/s1. The van der Waals surface area contributed by atoms with Gasteiger partial charge in [0.05, 0.1) is 26.9 Å². The Morgan fingerprint density at radius 2 is 1.95 bits per heavy atom. The van der Waals surface area contributed by atoms with Crippen LogP contribution in [0.15, 0.2) is 29.2 Å². The van der Waals surface area contributed by atoms with E-state index in [1.165, 1.54) is 10.3 Å². The summed E-state index contributed by atoms with van der Waals surface area (Å²) in [6.07, 6.45) is 6.98. The van der Waals surface area contributed by atoms with Crippen LogP contribution in [0.25, 0.3) is 21.3 Å². The fraction of sp³-hybridized carbons (Fsp3) is 0.586. The summed E-state index contributed by atoms with van der Waals surface area (Å²) in [5, 5.41) is 6.08. The maximum atomic E-state index is 13.0. The molecule has 0 spiro atoms. The normalized spacial score (nSPS) is 23.6. The molecule has 2 aliphatic heterocycles. The van der Waals surface area contributed by atoms with Crippen LogP contribution in [0.3, 0.4) is 0 Å². The first-order valence-corrected chi connectivity index (χ1v) is 15.2. The first-order chi connectivity index (χ1) is 18.9. The second kappa shape index (κ2) is 10.6. The summed E-state index contributed by atoms with van der Waals surface area (Å²) in [7, 11) is 1.78. The van der Waals surface area contributed by atoms with Crippen molar-refractivity contribution in [1.82, 2.24) is 29.2 Å². The van der Waals surface area contributed by atoms with Crippen molar-refractivity contribution in [1.29, 1.82) is 0 Å². The highest BCUT2D eigenvalue weighted by atomic mass is 32.1. The van der Waals surface area contributed by atoms with Gasteiger partial charge < -0.3 is 9.64 Å². The van der Waals surface area contributed by atoms with Crippen molar-refractivity contribution in [3.63, 3.8) is 0 Å². The van der Waals surface area contributed by atoms with Gasteiger partial charge in [-0.3, -0.25) is 9.47 Å². The zero-order chi connectivity index (χ0) is 27.3. The lowest BCUT2D eigenvalue weighted by molar-refractivity contribution is -0.0390. The van der Waals surface area contributed by atoms with Crippen LogP contribution in [-0.4, -0.2) is 61.0 Å². The van der Waals surface area contributed by atoms with Gasteiger partial charge in [-0.1, -0.05) is 19.9 Å². The van der Waals surface area contributed by atoms with Gasteiger partial charge in [-0.2, -0.15) is 10.1 Å². The van der Waals surface area contributed by atoms with Gasteiger partial charge in [0, 0.05) is 44.9 Å². The van der Waals surface area contributed by atoms with Gasteiger partial charge in [0.1, 0.15) is 6.23 Å². The Morgan fingerprint density at radius 1 is 1.13 bits per heavy atom. The Hall–Kier alpha value is -2.82. The molecule has 9 nitrogen and oxygen atoms in total. The first-order valence-electron chi connectivity index (χ1n) is 14.3. The van der Waals surface area contributed by atoms with Crippen molar-refractivity contribution in [3.05, 3.63) is 45.5 Å². The third-order valence-electron chi connectivity index (χ3n) is 8.68. The largest absolute Gasteiger partial charge is 0.357 e. The minimum absolute atomic E-state index is 0.0863. The van der Waals surface area contributed by atoms with Crippen LogP contribution < -0.4 is 10.6 Å². The number of aromatic nitrogens is 5. The van der Waals surface area contributed by atoms with E-state index in [2.05, 4.69) is 65.7 Å². The number of hydrogen-bond donors (Lipinski definition) is 0. The molecule has 10 heteroatoms. The van der Waals surface area contributed by atoms with Gasteiger partial charge in [-0.25, -0.2) is 14.5 Å². The third kappa shape index (κ3) is 4.76. The minimum atomic E-state index is -0.242. The molecule has 0 saturated carbocycles. The zero-order valence-electron chi connectivity index (χ0n) is 23.6. The number of piperazine rings is 1. The van der Waals surface area contributed by atoms with Crippen LogP contribution in [0.1, 0.15) is 75.7 Å². The molecule has 39 heavy (non-hydrogen) atoms. The predicted octanol–water partition coefficient (Wildman–Crippen LogP) is 5.19. The third-order valence-corrected chi connectivity index (χ3v) is 9.61. The van der Waals surface area contributed by atoms with Gasteiger partial charge in [-0.15, -0.1) is 11.3 Å². The molecule has 208 valence electrons. The van der Waals surface area contributed by atoms with E-state index in [4.69, 9.17) is 9.84 Å². The highest BCUT2D eigenvalue weighted by Gasteiger charge is 2.37. The van der Waals surface area contributed by atoms with E-state index in [-0.39, 0.29) is 24.0 Å². The maximum Gasteiger partial charge on any atom is 0.349 e. The molecule has 0 amide bonds. The quantitative estimate of drug-likeness (QED) is 0.327. The molecule has 0 bridgehead atoms. The Kier molecular flexibility index (Phi) is 7.20. The van der Waals surface area contributed by atoms with Gasteiger partial charge in [0.15, 0.2) is 11.3 Å². The second-order valence-electron chi connectivity index (χ2n) is 11.1. The van der Waals surface area contributed by atoms with E-state index >= 15 is 0 Å². The Morgan fingerprint density at radius 3 is 2.69 bits per heavy atom. The van der Waals surface area contributed by atoms with Crippen LogP contribution in [0.4, 0.5) is 5.82 Å². The minimum Gasteiger partial charge on any atom is -0.357 e. The number of anilines is 1. The number of nitrogens with zero attached hydrogens (tertiary/aromatic N) is 7. The van der Waals surface area contributed by atoms with Crippen molar-refractivity contribution >= 4 is 38.4 Å². The highest BCUT2D eigenvalue weighted by Crippen LogP contribution is 2.35. The Bertz CT molecular complexity index is 1540. The van der Waals surface area contributed by atoms with Crippen molar-refractivity contribution in [2.45, 2.75) is 84.2 Å². The van der Waals surface area contributed by atoms with E-state index in [9.17, 15) is 4.79 Å². The van der Waals surface area contributed by atoms with Crippen LogP contribution in [0, 0.1) is 6.92 Å². The molecule has 0 radical (unpaired) electrons. The number of ether oxygens (including phenoxy) is 1. The van der Waals surface area contributed by atoms with E-state index in [1.54, 1.807) is 23.0 Å². The van der Waals surface area contributed by atoms with E-state index in [0.717, 1.165) is 73.4 Å². The summed E-state index contributed by atoms with van der Waals surface area (Å²) in [6, 6.07) is 7.54. The maximum absolute atomic E-state index is 13.0. The Labute approximate surface area is 233 Å². The topological polar surface area (TPSA) is 81.3 Å². The lowest BCUT2D eigenvalue weighted by atomic mass is 9.97. The molecule has 2 fully saturated rings. The molecular formula is C29H39N7O2S. The molecule has 4 aromatic rings. The predicted molar refractivity (Wildman–Crippen MR) is 157 cm³/mol. The number of benzene rings is 1. The summed E-state index contributed by atoms with van der Waals surface area (Å²) in [5.74, 6) is 0.710. The molecule has 3 aromatic heterocycles. The summed E-state index contributed by atoms with van der Waals surface area (Å²) < 4.78 is 10.8. The lowest BCUT2D eigenvalue weighted by Crippen LogP contribution is -2.59. The first kappa shape index (κ1) is 26.4. The van der Waals surface area contributed by atoms with Gasteiger partial charge in [-0.05, 0) is 63.6 Å². The SMILES string of the molecule is CC[C@H]1CN(C(C)c2ccc3nc(C)sc3c2)[C@H](CC)CN1c1nc(=O)n(C)c2cn(C3CCCCO3)nc12. The second-order valence-corrected chi connectivity index (χ2v) is 12.3. The number of fused-ring (bicyclic) bond motifs is 2. The molecule has 0 N–H and O–H groups in total. The highest BCUT2D eigenvalue weighted by molar-refractivity contribution is 7.18. The smallest absolute Gasteiger partial charge is 0.349 e. The average Bonchev–Trinajstić information content (AvgIpc) is 3.57. The average molecular weight is 550 g/mol. The van der Waals surface area contributed by atoms with Crippen LogP contribution in [0.2, 0.25) is 0 Å². The molecule has 2 aliphatic rings. The molecule has 6 rings (SSSR count). The molecule has 2 unspecified atom stereocenters. The summed E-state index contributed by atoms with van der Waals surface area (Å²) in [4.78, 5) is 27.3.